The van der Waals surface area contributed by atoms with Crippen molar-refractivity contribution in [2.45, 2.75) is 51.9 Å². The molecule has 0 aliphatic rings. The molecule has 0 aliphatic heterocycles. The number of para-hydroxylation sites is 1. The van der Waals surface area contributed by atoms with E-state index in [0.717, 1.165) is 5.75 Å². The Morgan fingerprint density at radius 2 is 1.40 bits per heavy atom. The molecular weight excluding hydrogens is 381 g/mol. The van der Waals surface area contributed by atoms with Gasteiger partial charge in [0.15, 0.2) is 5.75 Å². The van der Waals surface area contributed by atoms with E-state index in [-0.39, 0.29) is 10.3 Å². The zero-order chi connectivity index (χ0) is 16.2. The van der Waals surface area contributed by atoms with Gasteiger partial charge in [0.25, 0.3) is 0 Å². The van der Waals surface area contributed by atoms with E-state index >= 15 is 0 Å². The Morgan fingerprint density at radius 3 is 1.75 bits per heavy atom. The van der Waals surface area contributed by atoms with Gasteiger partial charge < -0.3 is 4.74 Å². The predicted octanol–water partition coefficient (Wildman–Crippen LogP) is 5.41. The Bertz CT molecular complexity index is 407. The first-order valence-corrected chi connectivity index (χ1v) is 10.5. The molecule has 0 heterocycles. The van der Waals surface area contributed by atoms with Crippen molar-refractivity contribution in [2.75, 3.05) is 7.11 Å². The van der Waals surface area contributed by atoms with Crippen LogP contribution in [0.3, 0.4) is 0 Å². The molecule has 0 amide bonds. The van der Waals surface area contributed by atoms with E-state index in [0.29, 0.717) is 0 Å². The Kier molecular flexibility index (Phi) is 7.75. The number of ether oxygens (including phenoxy) is 1. The van der Waals surface area contributed by atoms with E-state index < -0.39 is 7.26 Å². The first-order chi connectivity index (χ1) is 9.05. The van der Waals surface area contributed by atoms with Crippen molar-refractivity contribution in [1.82, 2.24) is 0 Å². The molecule has 1 aromatic rings. The van der Waals surface area contributed by atoms with Gasteiger partial charge in [-0.25, -0.2) is 0 Å². The van der Waals surface area contributed by atoms with Crippen molar-refractivity contribution in [1.29, 1.82) is 0 Å². The number of halogens is 1. The normalized spacial score (nSPS) is 12.6. The van der Waals surface area contributed by atoms with Crippen molar-refractivity contribution >= 4 is 22.1 Å². The van der Waals surface area contributed by atoms with Crippen molar-refractivity contribution in [3.63, 3.8) is 0 Å². The summed E-state index contributed by atoms with van der Waals surface area (Å²) in [4.78, 5) is 0. The van der Waals surface area contributed by atoms with Gasteiger partial charge >= 0.3 is 27.7 Å². The van der Waals surface area contributed by atoms with Crippen LogP contribution in [0.2, 0.25) is 0 Å². The Hall–Kier alpha value is 0.402. The summed E-state index contributed by atoms with van der Waals surface area (Å²) < 4.78 is 5.57. The fourth-order valence-corrected chi connectivity index (χ4v) is 7.01. The molecule has 118 valence electrons. The first-order valence-electron chi connectivity index (χ1n) is 6.55. The van der Waals surface area contributed by atoms with E-state index in [2.05, 4.69) is 81.4 Å². The Morgan fingerprint density at radius 1 is 1.00 bits per heavy atom. The van der Waals surface area contributed by atoms with Crippen LogP contribution in [0.15, 0.2) is 24.3 Å². The summed E-state index contributed by atoms with van der Waals surface area (Å²) in [5.41, 5.74) is 0. The molecule has 0 saturated carbocycles. The van der Waals surface area contributed by atoms with E-state index in [1.165, 1.54) is 5.30 Å². The molecule has 1 rings (SSSR count). The topological polar surface area (TPSA) is 9.23 Å². The average molecular weight is 408 g/mol. The zero-order valence-electron chi connectivity index (χ0n) is 13.6. The van der Waals surface area contributed by atoms with Gasteiger partial charge in [0, 0.05) is 0 Å². The minimum absolute atomic E-state index is 0.153. The van der Waals surface area contributed by atoms with Crippen LogP contribution in [-0.2, 0) is 18.2 Å². The van der Waals surface area contributed by atoms with E-state index in [4.69, 9.17) is 11.4 Å². The monoisotopic (exact) mass is 407 g/mol. The number of methoxy groups -OCH3 is 1. The Balaban J connectivity index is 0.00000172. The van der Waals surface area contributed by atoms with Gasteiger partial charge in [-0.15, -0.1) is 0 Å². The van der Waals surface area contributed by atoms with Gasteiger partial charge in [0.1, 0.15) is 5.30 Å². The molecule has 0 radical (unpaired) electrons. The van der Waals surface area contributed by atoms with E-state index in [9.17, 15) is 0 Å². The number of hydrogen-bond acceptors (Lipinski definition) is 1. The maximum atomic E-state index is 5.57. The molecular formula is C16H27ClOPPd+. The molecule has 20 heavy (non-hydrogen) atoms. The SMILES string of the molecule is [CH2-][P+](c1ccccc1OC)(C(C)(C)C)C(C)(C)C.[Cl][Pd+]. The first kappa shape index (κ1) is 20.4. The van der Waals surface area contributed by atoms with Gasteiger partial charge in [-0.05, 0) is 53.7 Å². The summed E-state index contributed by atoms with van der Waals surface area (Å²) in [6.45, 7) is 18.5. The number of hydrogen-bond donors (Lipinski definition) is 0. The summed E-state index contributed by atoms with van der Waals surface area (Å²) in [6.07, 6.45) is 0. The third-order valence-electron chi connectivity index (χ3n) is 3.79. The molecule has 0 unspecified atom stereocenters. The fraction of sp³-hybridized carbons (Fsp3) is 0.562. The molecule has 0 aliphatic carbocycles. The standard InChI is InChI=1S/C16H27OP.ClH.Pd/c1-15(2,3)18(8,16(4,5)6)14-12-10-9-11-13(14)17-7;;/h9-12H,8H2,1-7H3;1H;/q;;+2/p-1. The molecule has 4 heteroatoms. The number of rotatable bonds is 2. The van der Waals surface area contributed by atoms with Gasteiger partial charge in [-0.3, -0.25) is 0 Å². The van der Waals surface area contributed by atoms with Crippen LogP contribution >= 0.6 is 16.8 Å². The van der Waals surface area contributed by atoms with Crippen LogP contribution < -0.4 is 10.0 Å². The third kappa shape index (κ3) is 3.98. The van der Waals surface area contributed by atoms with Crippen LogP contribution in [-0.4, -0.2) is 17.4 Å². The predicted molar refractivity (Wildman–Crippen MR) is 90.3 cm³/mol. The molecule has 0 aromatic heterocycles. The van der Waals surface area contributed by atoms with Crippen molar-refractivity contribution in [3.8, 4) is 5.75 Å². The molecule has 0 atom stereocenters. The van der Waals surface area contributed by atoms with Crippen molar-refractivity contribution in [2.24, 2.45) is 0 Å². The van der Waals surface area contributed by atoms with Crippen LogP contribution in [0.1, 0.15) is 41.5 Å². The second-order valence-electron chi connectivity index (χ2n) is 6.82. The molecule has 1 nitrogen and oxygen atoms in total. The van der Waals surface area contributed by atoms with Crippen LogP contribution in [0, 0.1) is 6.66 Å². The zero-order valence-corrected chi connectivity index (χ0v) is 16.8. The van der Waals surface area contributed by atoms with Crippen LogP contribution in [0.5, 0.6) is 5.75 Å². The van der Waals surface area contributed by atoms with Gasteiger partial charge in [0.05, 0.1) is 17.4 Å². The molecule has 0 spiro atoms. The molecule has 0 saturated heterocycles. The summed E-state index contributed by atoms with van der Waals surface area (Å²) in [5, 5.41) is 1.60. The fourth-order valence-electron chi connectivity index (χ4n) is 2.67. The summed E-state index contributed by atoms with van der Waals surface area (Å²) in [6, 6.07) is 8.36. The maximum absolute atomic E-state index is 5.57. The molecule has 0 N–H and O–H groups in total. The van der Waals surface area contributed by atoms with Gasteiger partial charge in [-0.2, -0.15) is 6.66 Å². The van der Waals surface area contributed by atoms with Gasteiger partial charge in [-0.1, -0.05) is 19.4 Å². The van der Waals surface area contributed by atoms with Crippen molar-refractivity contribution < 1.29 is 22.9 Å². The van der Waals surface area contributed by atoms with E-state index in [1.54, 1.807) is 7.11 Å². The number of benzene rings is 1. The second kappa shape index (κ2) is 7.60. The van der Waals surface area contributed by atoms with E-state index in [1.807, 2.05) is 12.1 Å². The van der Waals surface area contributed by atoms with Crippen LogP contribution in [0.25, 0.3) is 0 Å². The quantitative estimate of drug-likeness (QED) is 0.361. The molecule has 0 fully saturated rings. The Labute approximate surface area is 140 Å². The second-order valence-corrected chi connectivity index (χ2v) is 11.6. The van der Waals surface area contributed by atoms with Crippen molar-refractivity contribution in [3.05, 3.63) is 30.9 Å². The molecule has 0 bridgehead atoms. The van der Waals surface area contributed by atoms with Gasteiger partial charge in [0.2, 0.25) is 0 Å². The summed E-state index contributed by atoms with van der Waals surface area (Å²) >= 11 is 2.22. The average Bonchev–Trinajstić information content (AvgIpc) is 2.37. The minimum atomic E-state index is -1.62. The summed E-state index contributed by atoms with van der Waals surface area (Å²) in [7, 11) is 4.61. The molecule has 1 aromatic carbocycles. The summed E-state index contributed by atoms with van der Waals surface area (Å²) in [5.74, 6) is 0.977. The van der Waals surface area contributed by atoms with Crippen LogP contribution in [0.4, 0.5) is 0 Å². The third-order valence-corrected chi connectivity index (χ3v) is 9.56.